The lowest BCUT2D eigenvalue weighted by molar-refractivity contribution is 0.0570. The molecule has 0 saturated heterocycles. The van der Waals surface area contributed by atoms with Crippen molar-refractivity contribution in [3.8, 4) is 0 Å². The van der Waals surface area contributed by atoms with Crippen molar-refractivity contribution in [3.05, 3.63) is 11.8 Å². The number of ether oxygens (including phenoxy) is 1. The third-order valence-corrected chi connectivity index (χ3v) is 3.91. The third kappa shape index (κ3) is 7.33. The summed E-state index contributed by atoms with van der Waals surface area (Å²) in [5, 5.41) is 5.66. The lowest BCUT2D eigenvalue weighted by atomic mass is 10.4. The molecule has 0 atom stereocenters. The summed E-state index contributed by atoms with van der Waals surface area (Å²) in [4.78, 5) is 0. The van der Waals surface area contributed by atoms with E-state index in [0.717, 1.165) is 12.3 Å². The molecule has 88 valence electrons. The molecule has 0 aromatic carbocycles. The van der Waals surface area contributed by atoms with E-state index in [9.17, 15) is 0 Å². The molecule has 0 spiro atoms. The Kier molecular flexibility index (Phi) is 6.52. The summed E-state index contributed by atoms with van der Waals surface area (Å²) in [7, 11) is -0.979. The van der Waals surface area contributed by atoms with Crippen molar-refractivity contribution >= 4 is 14.8 Å². The number of nitrogens with zero attached hydrogens (tertiary/aromatic N) is 2. The van der Waals surface area contributed by atoms with Gasteiger partial charge in [-0.3, -0.25) is 0 Å². The largest absolute Gasteiger partial charge is 0.360 e. The Morgan fingerprint density at radius 3 is 2.47 bits per heavy atom. The van der Waals surface area contributed by atoms with Gasteiger partial charge in [-0.1, -0.05) is 25.7 Å². The molecule has 0 bridgehead atoms. The topological polar surface area (TPSA) is 24.8 Å². The Balaban J connectivity index is 3.79. The quantitative estimate of drug-likeness (QED) is 0.220. The van der Waals surface area contributed by atoms with Gasteiger partial charge < -0.3 is 4.74 Å². The number of hydrogen-bond donors (Lipinski definition) is 0. The standard InChI is InChI=1S/C11H24N2OSi/c1-7-11(2)13(12-3)10-14-8-9-15(4,5)6/h7H,3,8-10H2,1-2,4-6H3/b11-7+. The van der Waals surface area contributed by atoms with Crippen LogP contribution in [0, 0.1) is 0 Å². The molecule has 0 aliphatic heterocycles. The monoisotopic (exact) mass is 228 g/mol. The van der Waals surface area contributed by atoms with Crippen LogP contribution in [-0.2, 0) is 4.74 Å². The molecule has 0 radical (unpaired) electrons. The molecule has 0 rings (SSSR count). The smallest absolute Gasteiger partial charge is 0.139 e. The normalized spacial score (nSPS) is 12.7. The molecule has 0 heterocycles. The molecule has 0 unspecified atom stereocenters. The van der Waals surface area contributed by atoms with Crippen molar-refractivity contribution in [3.63, 3.8) is 0 Å². The van der Waals surface area contributed by atoms with Gasteiger partial charge in [0.05, 0.1) is 0 Å². The summed E-state index contributed by atoms with van der Waals surface area (Å²) in [5.41, 5.74) is 1.07. The minimum Gasteiger partial charge on any atom is -0.360 e. The molecule has 15 heavy (non-hydrogen) atoms. The van der Waals surface area contributed by atoms with Gasteiger partial charge in [-0.2, -0.15) is 5.10 Å². The molecule has 0 aromatic rings. The highest BCUT2D eigenvalue weighted by Gasteiger charge is 2.12. The predicted octanol–water partition coefficient (Wildman–Crippen LogP) is 3.14. The molecule has 0 aromatic heterocycles. The van der Waals surface area contributed by atoms with Gasteiger partial charge in [0.25, 0.3) is 0 Å². The maximum absolute atomic E-state index is 5.57. The zero-order valence-corrected chi connectivity index (χ0v) is 11.7. The Labute approximate surface area is 94.8 Å². The lowest BCUT2D eigenvalue weighted by Crippen LogP contribution is -2.24. The van der Waals surface area contributed by atoms with Crippen molar-refractivity contribution in [1.29, 1.82) is 0 Å². The number of hydrogen-bond acceptors (Lipinski definition) is 3. The van der Waals surface area contributed by atoms with Gasteiger partial charge in [-0.05, 0) is 19.9 Å². The van der Waals surface area contributed by atoms with E-state index in [2.05, 4.69) is 31.5 Å². The Morgan fingerprint density at radius 1 is 1.47 bits per heavy atom. The van der Waals surface area contributed by atoms with Crippen LogP contribution in [0.4, 0.5) is 0 Å². The summed E-state index contributed by atoms with van der Waals surface area (Å²) >= 11 is 0. The molecule has 0 aliphatic rings. The van der Waals surface area contributed by atoms with Crippen molar-refractivity contribution in [2.24, 2.45) is 5.10 Å². The number of hydrazone groups is 1. The van der Waals surface area contributed by atoms with Crippen LogP contribution in [0.3, 0.4) is 0 Å². The van der Waals surface area contributed by atoms with Crippen LogP contribution >= 0.6 is 0 Å². The second-order valence-electron chi connectivity index (χ2n) is 4.82. The van der Waals surface area contributed by atoms with E-state index in [1.807, 2.05) is 19.9 Å². The first-order chi connectivity index (χ1) is 6.90. The summed E-state index contributed by atoms with van der Waals surface area (Å²) in [6.45, 7) is 15.9. The lowest BCUT2D eigenvalue weighted by Gasteiger charge is -2.20. The average molecular weight is 228 g/mol. The number of allylic oxidation sites excluding steroid dienone is 2. The summed E-state index contributed by atoms with van der Waals surface area (Å²) in [6, 6.07) is 1.19. The van der Waals surface area contributed by atoms with Crippen molar-refractivity contribution in [2.45, 2.75) is 39.5 Å². The maximum atomic E-state index is 5.57. The average Bonchev–Trinajstić information content (AvgIpc) is 2.15. The van der Waals surface area contributed by atoms with Gasteiger partial charge in [0.15, 0.2) is 0 Å². The molecular formula is C11H24N2OSi. The summed E-state index contributed by atoms with van der Waals surface area (Å²) in [5.74, 6) is 0. The van der Waals surface area contributed by atoms with Gasteiger partial charge in [0, 0.05) is 27.1 Å². The highest BCUT2D eigenvalue weighted by molar-refractivity contribution is 6.76. The first-order valence-corrected chi connectivity index (χ1v) is 9.06. The molecule has 0 N–H and O–H groups in total. The van der Waals surface area contributed by atoms with Gasteiger partial charge in [-0.15, -0.1) is 0 Å². The summed E-state index contributed by atoms with van der Waals surface area (Å²) < 4.78 is 5.57. The third-order valence-electron chi connectivity index (χ3n) is 2.21. The van der Waals surface area contributed by atoms with E-state index >= 15 is 0 Å². The van der Waals surface area contributed by atoms with Crippen LogP contribution in [-0.4, -0.2) is 33.1 Å². The second kappa shape index (κ2) is 6.79. The van der Waals surface area contributed by atoms with E-state index in [0.29, 0.717) is 6.73 Å². The maximum Gasteiger partial charge on any atom is 0.139 e. The van der Waals surface area contributed by atoms with Crippen LogP contribution < -0.4 is 0 Å². The van der Waals surface area contributed by atoms with Crippen molar-refractivity contribution in [1.82, 2.24) is 5.01 Å². The second-order valence-corrected chi connectivity index (χ2v) is 10.4. The molecule has 0 aliphatic carbocycles. The minimum atomic E-state index is -0.979. The van der Waals surface area contributed by atoms with E-state index in [1.54, 1.807) is 5.01 Å². The van der Waals surface area contributed by atoms with Crippen LogP contribution in [0.5, 0.6) is 0 Å². The van der Waals surface area contributed by atoms with E-state index < -0.39 is 8.07 Å². The zero-order chi connectivity index (χ0) is 11.9. The first kappa shape index (κ1) is 14.4. The van der Waals surface area contributed by atoms with Crippen LogP contribution in [0.25, 0.3) is 0 Å². The predicted molar refractivity (Wildman–Crippen MR) is 69.8 cm³/mol. The Bertz CT molecular complexity index is 221. The zero-order valence-electron chi connectivity index (χ0n) is 10.7. The Hall–Kier alpha value is -0.613. The van der Waals surface area contributed by atoms with Crippen molar-refractivity contribution < 1.29 is 4.74 Å². The van der Waals surface area contributed by atoms with Crippen LogP contribution in [0.15, 0.2) is 16.9 Å². The summed E-state index contributed by atoms with van der Waals surface area (Å²) in [6.07, 6.45) is 2.00. The molecule has 0 fully saturated rings. The molecule has 4 heteroatoms. The fraction of sp³-hybridized carbons (Fsp3) is 0.727. The Morgan fingerprint density at radius 2 is 2.07 bits per heavy atom. The van der Waals surface area contributed by atoms with E-state index in [1.165, 1.54) is 6.04 Å². The fourth-order valence-corrected chi connectivity index (χ4v) is 1.69. The molecular weight excluding hydrogens is 204 g/mol. The van der Waals surface area contributed by atoms with Gasteiger partial charge >= 0.3 is 0 Å². The highest BCUT2D eigenvalue weighted by Crippen LogP contribution is 2.09. The SMILES string of the molecule is C=NN(COCC[Si](C)(C)C)/C(C)=C/C. The van der Waals surface area contributed by atoms with Crippen molar-refractivity contribution in [2.75, 3.05) is 13.3 Å². The van der Waals surface area contributed by atoms with E-state index in [4.69, 9.17) is 4.74 Å². The van der Waals surface area contributed by atoms with Crippen LogP contribution in [0.2, 0.25) is 25.7 Å². The molecule has 0 amide bonds. The highest BCUT2D eigenvalue weighted by atomic mass is 28.3. The van der Waals surface area contributed by atoms with Gasteiger partial charge in [0.1, 0.15) is 6.73 Å². The molecule has 3 nitrogen and oxygen atoms in total. The van der Waals surface area contributed by atoms with Gasteiger partial charge in [0.2, 0.25) is 0 Å². The first-order valence-electron chi connectivity index (χ1n) is 5.35. The van der Waals surface area contributed by atoms with Gasteiger partial charge in [-0.25, -0.2) is 5.01 Å². The molecule has 0 saturated carbocycles. The number of rotatable bonds is 7. The minimum absolute atomic E-state index is 0.504. The fourth-order valence-electron chi connectivity index (χ4n) is 0.933. The van der Waals surface area contributed by atoms with E-state index in [-0.39, 0.29) is 0 Å². The van der Waals surface area contributed by atoms with Crippen LogP contribution in [0.1, 0.15) is 13.8 Å².